The molecule has 2 aliphatic rings. The van der Waals surface area contributed by atoms with Crippen LogP contribution in [0.25, 0.3) is 0 Å². The van der Waals surface area contributed by atoms with Crippen LogP contribution in [0.3, 0.4) is 0 Å². The Morgan fingerprint density at radius 3 is 2.00 bits per heavy atom. The van der Waals surface area contributed by atoms with Crippen LogP contribution in [0, 0.1) is 5.92 Å². The van der Waals surface area contributed by atoms with Crippen molar-refractivity contribution in [2.75, 3.05) is 50.7 Å². The van der Waals surface area contributed by atoms with Crippen molar-refractivity contribution in [2.24, 2.45) is 5.92 Å². The Hall–Kier alpha value is -1.06. The fourth-order valence-corrected chi connectivity index (χ4v) is 3.84. The number of piperazine rings is 1. The minimum absolute atomic E-state index is 0.718. The summed E-state index contributed by atoms with van der Waals surface area (Å²) in [5.41, 5.74) is 1.38. The summed E-state index contributed by atoms with van der Waals surface area (Å²) in [6.45, 7) is 17.3. The molecule has 136 valence electrons. The van der Waals surface area contributed by atoms with E-state index < -0.39 is 0 Å². The Labute approximate surface area is 149 Å². The number of para-hydroxylation sites is 1. The molecule has 0 aromatic heterocycles. The van der Waals surface area contributed by atoms with Crippen LogP contribution in [0.4, 0.5) is 5.69 Å². The van der Waals surface area contributed by atoms with E-state index in [9.17, 15) is 0 Å². The number of piperidine rings is 1. The van der Waals surface area contributed by atoms with Gasteiger partial charge in [-0.25, -0.2) is 0 Å². The molecule has 0 aliphatic carbocycles. The molecular formula is C21H37N3. The van der Waals surface area contributed by atoms with Crippen LogP contribution in [0.2, 0.25) is 0 Å². The van der Waals surface area contributed by atoms with E-state index in [1.165, 1.54) is 64.3 Å². The summed E-state index contributed by atoms with van der Waals surface area (Å²) in [4.78, 5) is 7.84. The molecule has 1 aromatic carbocycles. The molecular weight excluding hydrogens is 294 g/mol. The summed E-state index contributed by atoms with van der Waals surface area (Å²) in [5.74, 6) is 0.915. The maximum Gasteiger partial charge on any atom is 0.0367 e. The largest absolute Gasteiger partial charge is 0.369 e. The lowest BCUT2D eigenvalue weighted by Crippen LogP contribution is -2.49. The summed E-state index contributed by atoms with van der Waals surface area (Å²) in [6.07, 6.45) is 2.77. The molecule has 2 aliphatic heterocycles. The third-order valence-electron chi connectivity index (χ3n) is 5.39. The van der Waals surface area contributed by atoms with Crippen LogP contribution in [0.15, 0.2) is 30.3 Å². The van der Waals surface area contributed by atoms with Crippen molar-refractivity contribution in [3.05, 3.63) is 30.3 Å². The van der Waals surface area contributed by atoms with E-state index in [2.05, 4.69) is 58.9 Å². The molecule has 3 nitrogen and oxygen atoms in total. The molecule has 2 heterocycles. The number of hydrogen-bond acceptors (Lipinski definition) is 3. The lowest BCUT2D eigenvalue weighted by atomic mass is 9.95. The van der Waals surface area contributed by atoms with Gasteiger partial charge in [-0.05, 0) is 57.8 Å². The predicted octanol–water partition coefficient (Wildman–Crippen LogP) is 3.96. The quantitative estimate of drug-likeness (QED) is 0.827. The molecule has 3 rings (SSSR count). The fourth-order valence-electron chi connectivity index (χ4n) is 3.84. The molecule has 1 aromatic rings. The normalized spacial score (nSPS) is 20.8. The standard InChI is InChI=1S/C19H31N3.C2H6/c1-17(2)21-10-8-18(9-11-21)16-20-12-14-22(15-13-20)19-6-4-3-5-7-19;1-2/h3-7,17-18H,8-16H2,1-2H3;1-2H3. The van der Waals surface area contributed by atoms with Gasteiger partial charge in [-0.15, -0.1) is 0 Å². The van der Waals surface area contributed by atoms with Crippen LogP contribution in [-0.2, 0) is 0 Å². The molecule has 0 spiro atoms. The summed E-state index contributed by atoms with van der Waals surface area (Å²) in [7, 11) is 0. The van der Waals surface area contributed by atoms with Crippen LogP contribution < -0.4 is 4.90 Å². The van der Waals surface area contributed by atoms with E-state index in [-0.39, 0.29) is 0 Å². The number of likely N-dealkylation sites (tertiary alicyclic amines) is 1. The average molecular weight is 332 g/mol. The summed E-state index contributed by atoms with van der Waals surface area (Å²) in [6, 6.07) is 11.6. The van der Waals surface area contributed by atoms with Gasteiger partial charge in [0.05, 0.1) is 0 Å². The van der Waals surface area contributed by atoms with Gasteiger partial charge in [0, 0.05) is 44.5 Å². The van der Waals surface area contributed by atoms with Crippen molar-refractivity contribution in [3.8, 4) is 0 Å². The number of nitrogens with zero attached hydrogens (tertiary/aromatic N) is 3. The first-order chi connectivity index (χ1) is 11.7. The minimum atomic E-state index is 0.718. The zero-order valence-corrected chi connectivity index (χ0v) is 16.2. The maximum atomic E-state index is 2.69. The van der Waals surface area contributed by atoms with Crippen molar-refractivity contribution >= 4 is 5.69 Å². The van der Waals surface area contributed by atoms with Gasteiger partial charge in [0.15, 0.2) is 0 Å². The number of anilines is 1. The summed E-state index contributed by atoms with van der Waals surface area (Å²) in [5, 5.41) is 0. The number of benzene rings is 1. The highest BCUT2D eigenvalue weighted by Gasteiger charge is 2.24. The first-order valence-corrected chi connectivity index (χ1v) is 9.99. The van der Waals surface area contributed by atoms with Crippen LogP contribution in [0.5, 0.6) is 0 Å². The number of rotatable bonds is 4. The van der Waals surface area contributed by atoms with E-state index in [1.807, 2.05) is 13.8 Å². The Morgan fingerprint density at radius 2 is 1.46 bits per heavy atom. The Bertz CT molecular complexity index is 430. The molecule has 0 bridgehead atoms. The van der Waals surface area contributed by atoms with Crippen LogP contribution in [0.1, 0.15) is 40.5 Å². The molecule has 0 atom stereocenters. The average Bonchev–Trinajstić information content (AvgIpc) is 2.65. The van der Waals surface area contributed by atoms with Gasteiger partial charge in [-0.2, -0.15) is 0 Å². The molecule has 0 amide bonds. The molecule has 0 unspecified atom stereocenters. The smallest absolute Gasteiger partial charge is 0.0367 e. The zero-order valence-electron chi connectivity index (χ0n) is 16.2. The van der Waals surface area contributed by atoms with E-state index in [0.29, 0.717) is 0 Å². The topological polar surface area (TPSA) is 9.72 Å². The Balaban J connectivity index is 0.00000100. The maximum absolute atomic E-state index is 2.69. The Morgan fingerprint density at radius 1 is 0.875 bits per heavy atom. The predicted molar refractivity (Wildman–Crippen MR) is 106 cm³/mol. The van der Waals surface area contributed by atoms with Crippen molar-refractivity contribution in [1.82, 2.24) is 9.80 Å². The van der Waals surface area contributed by atoms with Gasteiger partial charge in [0.1, 0.15) is 0 Å². The highest BCUT2D eigenvalue weighted by molar-refractivity contribution is 5.46. The second-order valence-electron chi connectivity index (χ2n) is 7.20. The van der Waals surface area contributed by atoms with Crippen molar-refractivity contribution < 1.29 is 0 Å². The molecule has 24 heavy (non-hydrogen) atoms. The van der Waals surface area contributed by atoms with Gasteiger partial charge in [-0.1, -0.05) is 32.0 Å². The van der Waals surface area contributed by atoms with E-state index in [1.54, 1.807) is 0 Å². The molecule has 0 N–H and O–H groups in total. The molecule has 0 saturated carbocycles. The minimum Gasteiger partial charge on any atom is -0.369 e. The van der Waals surface area contributed by atoms with E-state index in [4.69, 9.17) is 0 Å². The van der Waals surface area contributed by atoms with Gasteiger partial charge < -0.3 is 9.80 Å². The Kier molecular flexibility index (Phi) is 8.07. The third-order valence-corrected chi connectivity index (χ3v) is 5.39. The first-order valence-electron chi connectivity index (χ1n) is 9.99. The SMILES string of the molecule is CC.CC(C)N1CCC(CN2CCN(c3ccccc3)CC2)CC1. The highest BCUT2D eigenvalue weighted by Crippen LogP contribution is 2.21. The lowest BCUT2D eigenvalue weighted by Gasteiger charge is -2.40. The van der Waals surface area contributed by atoms with Gasteiger partial charge in [-0.3, -0.25) is 4.90 Å². The zero-order chi connectivity index (χ0) is 17.4. The number of hydrogen-bond donors (Lipinski definition) is 0. The van der Waals surface area contributed by atoms with E-state index in [0.717, 1.165) is 12.0 Å². The van der Waals surface area contributed by atoms with Crippen molar-refractivity contribution in [3.63, 3.8) is 0 Å². The van der Waals surface area contributed by atoms with E-state index >= 15 is 0 Å². The molecule has 2 saturated heterocycles. The van der Waals surface area contributed by atoms with Crippen LogP contribution >= 0.6 is 0 Å². The van der Waals surface area contributed by atoms with Gasteiger partial charge in [0.25, 0.3) is 0 Å². The highest BCUT2D eigenvalue weighted by atomic mass is 15.3. The lowest BCUT2D eigenvalue weighted by molar-refractivity contribution is 0.119. The molecule has 3 heteroatoms. The molecule has 0 radical (unpaired) electrons. The first kappa shape index (κ1) is 19.3. The summed E-state index contributed by atoms with van der Waals surface area (Å²) >= 11 is 0. The second-order valence-corrected chi connectivity index (χ2v) is 7.20. The van der Waals surface area contributed by atoms with Crippen molar-refractivity contribution in [1.29, 1.82) is 0 Å². The van der Waals surface area contributed by atoms with Gasteiger partial charge in [0.2, 0.25) is 0 Å². The van der Waals surface area contributed by atoms with Crippen molar-refractivity contribution in [2.45, 2.75) is 46.6 Å². The summed E-state index contributed by atoms with van der Waals surface area (Å²) < 4.78 is 0. The van der Waals surface area contributed by atoms with Crippen LogP contribution in [-0.4, -0.2) is 61.7 Å². The second kappa shape index (κ2) is 10.0. The van der Waals surface area contributed by atoms with Gasteiger partial charge >= 0.3 is 0 Å². The monoisotopic (exact) mass is 331 g/mol. The fraction of sp³-hybridized carbons (Fsp3) is 0.714. The third kappa shape index (κ3) is 5.49. The molecule has 2 fully saturated rings.